The van der Waals surface area contributed by atoms with Crippen LogP contribution < -0.4 is 5.56 Å². The van der Waals surface area contributed by atoms with E-state index in [2.05, 4.69) is 9.97 Å². The number of hydrogen-bond acceptors (Lipinski definition) is 6. The van der Waals surface area contributed by atoms with E-state index in [1.807, 2.05) is 0 Å². The summed E-state index contributed by atoms with van der Waals surface area (Å²) in [5.74, 6) is -0.462. The summed E-state index contributed by atoms with van der Waals surface area (Å²) in [6, 6.07) is 0. The predicted octanol–water partition coefficient (Wildman–Crippen LogP) is 2.50. The number of H-pyrrole nitrogens is 1. The van der Waals surface area contributed by atoms with Gasteiger partial charge in [-0.25, -0.2) is 4.98 Å². The largest absolute Gasteiger partial charge is 0.301 e. The molecule has 2 aromatic rings. The Morgan fingerprint density at radius 3 is 2.59 bits per heavy atom. The Morgan fingerprint density at radius 2 is 1.91 bits per heavy atom. The van der Waals surface area contributed by atoms with Gasteiger partial charge in [0.05, 0.1) is 5.39 Å². The Hall–Kier alpha value is -1.47. The van der Waals surface area contributed by atoms with Crippen LogP contribution in [-0.4, -0.2) is 26.8 Å². The summed E-state index contributed by atoms with van der Waals surface area (Å²) in [5.41, 5.74) is 0.962. The molecule has 5 nitrogen and oxygen atoms in total. The normalized spacial score (nSPS) is 14.3. The fourth-order valence-electron chi connectivity index (χ4n) is 2.76. The van der Waals surface area contributed by atoms with Gasteiger partial charge in [0.2, 0.25) is 0 Å². The molecule has 0 unspecified atom stereocenters. The Morgan fingerprint density at radius 1 is 1.23 bits per heavy atom. The van der Waals surface area contributed by atoms with Crippen molar-refractivity contribution in [1.82, 2.24) is 9.97 Å². The molecular weight excluding hydrogens is 320 g/mol. The van der Waals surface area contributed by atoms with E-state index in [-0.39, 0.29) is 17.1 Å². The number of ketones is 2. The first-order valence-electron chi connectivity index (χ1n) is 7.19. The smallest absolute Gasteiger partial charge is 0.260 e. The zero-order chi connectivity index (χ0) is 15.9. The summed E-state index contributed by atoms with van der Waals surface area (Å²) in [6.45, 7) is 2.75. The van der Waals surface area contributed by atoms with Crippen LogP contribution in [0.4, 0.5) is 0 Å². The second-order valence-electron chi connectivity index (χ2n) is 5.48. The highest BCUT2D eigenvalue weighted by atomic mass is 32.2. The zero-order valence-electron chi connectivity index (χ0n) is 12.4. The predicted molar refractivity (Wildman–Crippen MR) is 87.9 cm³/mol. The minimum Gasteiger partial charge on any atom is -0.301 e. The van der Waals surface area contributed by atoms with E-state index in [1.54, 1.807) is 11.3 Å². The molecule has 7 heteroatoms. The lowest BCUT2D eigenvalue weighted by atomic mass is 9.97. The average Bonchev–Trinajstić information content (AvgIpc) is 2.82. The lowest BCUT2D eigenvalue weighted by Crippen LogP contribution is -2.23. The van der Waals surface area contributed by atoms with Gasteiger partial charge < -0.3 is 4.98 Å². The fourth-order valence-corrected chi connectivity index (χ4v) is 4.93. The number of nitrogens with zero attached hydrogens (tertiary/aromatic N) is 1. The summed E-state index contributed by atoms with van der Waals surface area (Å²) in [7, 11) is 0. The second-order valence-corrected chi connectivity index (χ2v) is 7.66. The third-order valence-electron chi connectivity index (χ3n) is 3.77. The van der Waals surface area contributed by atoms with Crippen molar-refractivity contribution in [3.05, 3.63) is 20.8 Å². The first-order valence-corrected chi connectivity index (χ1v) is 8.89. The number of thioether (sulfide) groups is 1. The number of hydrogen-bond donors (Lipinski definition) is 1. The van der Waals surface area contributed by atoms with Crippen molar-refractivity contribution in [2.24, 2.45) is 0 Å². The average molecular weight is 336 g/mol. The van der Waals surface area contributed by atoms with E-state index in [9.17, 15) is 14.4 Å². The summed E-state index contributed by atoms with van der Waals surface area (Å²) in [4.78, 5) is 44.6. The number of fused-ring (bicyclic) bond motifs is 3. The molecule has 2 aromatic heterocycles. The van der Waals surface area contributed by atoms with Gasteiger partial charge in [0.15, 0.2) is 16.7 Å². The Balaban J connectivity index is 2.04. The van der Waals surface area contributed by atoms with E-state index in [1.165, 1.54) is 18.7 Å². The third-order valence-corrected chi connectivity index (χ3v) is 6.27. The number of Topliss-reactive ketones (excluding diaryl/α,β-unsaturated/α-hetero) is 2. The molecule has 2 heterocycles. The second kappa shape index (κ2) is 5.96. The van der Waals surface area contributed by atoms with Gasteiger partial charge in [-0.2, -0.15) is 0 Å². The van der Waals surface area contributed by atoms with Crippen LogP contribution in [0.2, 0.25) is 0 Å². The highest BCUT2D eigenvalue weighted by Crippen LogP contribution is 2.34. The molecule has 0 bridgehead atoms. The Labute approximate surface area is 135 Å². The molecule has 0 fully saturated rings. The van der Waals surface area contributed by atoms with Crippen LogP contribution in [0.3, 0.4) is 0 Å². The van der Waals surface area contributed by atoms with Crippen LogP contribution in [0.25, 0.3) is 10.2 Å². The monoisotopic (exact) mass is 336 g/mol. The number of aryl methyl sites for hydroxylation is 2. The number of thiophene rings is 1. The quantitative estimate of drug-likeness (QED) is 0.527. The van der Waals surface area contributed by atoms with Gasteiger partial charge in [-0.1, -0.05) is 11.8 Å². The topological polar surface area (TPSA) is 79.9 Å². The lowest BCUT2D eigenvalue weighted by molar-refractivity contribution is -0.123. The summed E-state index contributed by atoms with van der Waals surface area (Å²) < 4.78 is 0. The fraction of sp³-hybridized carbons (Fsp3) is 0.467. The van der Waals surface area contributed by atoms with Gasteiger partial charge in [0, 0.05) is 4.88 Å². The van der Waals surface area contributed by atoms with Crippen molar-refractivity contribution in [1.29, 1.82) is 0 Å². The van der Waals surface area contributed by atoms with Crippen LogP contribution in [-0.2, 0) is 22.4 Å². The third kappa shape index (κ3) is 2.75. The Kier molecular flexibility index (Phi) is 4.18. The molecule has 0 saturated carbocycles. The minimum absolute atomic E-state index is 0.169. The molecule has 22 heavy (non-hydrogen) atoms. The maximum atomic E-state index is 12.4. The van der Waals surface area contributed by atoms with Crippen molar-refractivity contribution in [2.75, 3.05) is 0 Å². The van der Waals surface area contributed by atoms with Gasteiger partial charge in [-0.15, -0.1) is 11.3 Å². The maximum Gasteiger partial charge on any atom is 0.260 e. The number of carbonyl (C=O) groups is 2. The molecular formula is C15H16N2O3S2. The van der Waals surface area contributed by atoms with Gasteiger partial charge in [-0.3, -0.25) is 14.4 Å². The molecule has 0 saturated heterocycles. The molecule has 0 aromatic carbocycles. The molecule has 1 aliphatic carbocycles. The molecule has 116 valence electrons. The summed E-state index contributed by atoms with van der Waals surface area (Å²) in [6.07, 6.45) is 4.18. The van der Waals surface area contributed by atoms with Crippen LogP contribution in [0.5, 0.6) is 0 Å². The molecule has 0 aliphatic heterocycles. The molecule has 1 aliphatic rings. The van der Waals surface area contributed by atoms with Crippen molar-refractivity contribution >= 4 is 44.9 Å². The standard InChI is InChI=1S/C15H16N2O3S2/c1-7(18)12(8(2)19)22-15-16-13(20)11-9-5-3-4-6-10(9)21-14(11)17-15/h12H,3-6H2,1-2H3,(H,16,17,20). The lowest BCUT2D eigenvalue weighted by Gasteiger charge is -2.10. The Bertz CT molecular complexity index is 808. The van der Waals surface area contributed by atoms with E-state index < -0.39 is 5.25 Å². The van der Waals surface area contributed by atoms with E-state index >= 15 is 0 Å². The first-order chi connectivity index (χ1) is 10.5. The van der Waals surface area contributed by atoms with E-state index in [0.717, 1.165) is 43.0 Å². The minimum atomic E-state index is -0.810. The van der Waals surface area contributed by atoms with Crippen molar-refractivity contribution < 1.29 is 9.59 Å². The van der Waals surface area contributed by atoms with Crippen LogP contribution in [0, 0.1) is 0 Å². The van der Waals surface area contributed by atoms with Gasteiger partial charge in [0.25, 0.3) is 5.56 Å². The number of aromatic amines is 1. The van der Waals surface area contributed by atoms with Crippen LogP contribution in [0.1, 0.15) is 37.1 Å². The first kappa shape index (κ1) is 15.4. The molecule has 0 amide bonds. The maximum absolute atomic E-state index is 12.4. The number of rotatable bonds is 4. The van der Waals surface area contributed by atoms with E-state index in [4.69, 9.17) is 0 Å². The molecule has 3 rings (SSSR count). The van der Waals surface area contributed by atoms with Crippen LogP contribution >= 0.6 is 23.1 Å². The van der Waals surface area contributed by atoms with Crippen molar-refractivity contribution in [3.63, 3.8) is 0 Å². The zero-order valence-corrected chi connectivity index (χ0v) is 14.0. The molecule has 0 spiro atoms. The molecule has 0 radical (unpaired) electrons. The summed E-state index contributed by atoms with van der Waals surface area (Å²) in [5, 5.41) is 0.216. The SMILES string of the molecule is CC(=O)C(Sc1nc2sc3c(c2c(=O)[nH]1)CCCC3)C(C)=O. The van der Waals surface area contributed by atoms with Crippen LogP contribution in [0.15, 0.2) is 9.95 Å². The molecule has 0 atom stereocenters. The molecule has 1 N–H and O–H groups in total. The highest BCUT2D eigenvalue weighted by Gasteiger charge is 2.24. The van der Waals surface area contributed by atoms with Crippen molar-refractivity contribution in [3.8, 4) is 0 Å². The highest BCUT2D eigenvalue weighted by molar-refractivity contribution is 8.01. The van der Waals surface area contributed by atoms with Gasteiger partial charge >= 0.3 is 0 Å². The number of nitrogens with one attached hydrogen (secondary N) is 1. The summed E-state index contributed by atoms with van der Waals surface area (Å²) >= 11 is 2.58. The van der Waals surface area contributed by atoms with Gasteiger partial charge in [0.1, 0.15) is 10.1 Å². The van der Waals surface area contributed by atoms with E-state index in [0.29, 0.717) is 15.4 Å². The van der Waals surface area contributed by atoms with Gasteiger partial charge in [-0.05, 0) is 45.1 Å². The van der Waals surface area contributed by atoms with Crippen molar-refractivity contribution in [2.45, 2.75) is 49.9 Å². The number of carbonyl (C=O) groups excluding carboxylic acids is 2. The number of aromatic nitrogens is 2.